The first kappa shape index (κ1) is 21.3. The summed E-state index contributed by atoms with van der Waals surface area (Å²) in [5, 5.41) is 3.49. The second-order valence-electron chi connectivity index (χ2n) is 7.13. The Labute approximate surface area is 166 Å². The maximum absolute atomic E-state index is 13.1. The van der Waals surface area contributed by atoms with Crippen molar-refractivity contribution in [1.82, 2.24) is 19.0 Å². The molecule has 0 amide bonds. The predicted octanol–water partition coefficient (Wildman–Crippen LogP) is 3.27. The minimum Gasteiger partial charge on any atom is -0.305 e. The molecule has 1 aliphatic heterocycles. The first-order chi connectivity index (χ1) is 13.0. The van der Waals surface area contributed by atoms with Crippen molar-refractivity contribution in [3.63, 3.8) is 0 Å². The van der Waals surface area contributed by atoms with Gasteiger partial charge < -0.3 is 4.90 Å². The number of rotatable bonds is 4. The highest BCUT2D eigenvalue weighted by Gasteiger charge is 2.35. The predicted molar refractivity (Wildman–Crippen MR) is 102 cm³/mol. The zero-order valence-electron chi connectivity index (χ0n) is 15.9. The Hall–Kier alpha value is -1.43. The number of halogens is 3. The van der Waals surface area contributed by atoms with Crippen LogP contribution in [-0.2, 0) is 23.2 Å². The highest BCUT2D eigenvalue weighted by atomic mass is 32.2. The van der Waals surface area contributed by atoms with E-state index in [-0.39, 0.29) is 15.9 Å². The highest BCUT2D eigenvalue weighted by Crippen LogP contribution is 2.36. The molecule has 2 aromatic heterocycles. The molecule has 0 unspecified atom stereocenters. The standard InChI is InChI=1S/C17H23F3N4O2S2/c1-22(2)12-6-4-5-9-24(11-12)28(25,26)16-8-7-14(27-16)13-10-15(17(18,19)20)21-23(13)3/h7-8,10,12H,4-6,9,11H2,1-3H3/t12-/m0/s1. The highest BCUT2D eigenvalue weighted by molar-refractivity contribution is 7.91. The van der Waals surface area contributed by atoms with Gasteiger partial charge >= 0.3 is 6.18 Å². The average Bonchev–Trinajstić information content (AvgIpc) is 3.14. The Bertz CT molecular complexity index is 935. The minimum absolute atomic E-state index is 0.136. The molecule has 0 aromatic carbocycles. The molecule has 0 spiro atoms. The van der Waals surface area contributed by atoms with E-state index in [1.807, 2.05) is 19.0 Å². The smallest absolute Gasteiger partial charge is 0.305 e. The third-order valence-corrected chi connectivity index (χ3v) is 8.38. The van der Waals surface area contributed by atoms with Gasteiger partial charge in [0.15, 0.2) is 5.69 Å². The summed E-state index contributed by atoms with van der Waals surface area (Å²) in [6.07, 6.45) is -1.86. The fraction of sp³-hybridized carbons (Fsp3) is 0.588. The van der Waals surface area contributed by atoms with Crippen molar-refractivity contribution in [1.29, 1.82) is 0 Å². The van der Waals surface area contributed by atoms with Crippen LogP contribution in [0.3, 0.4) is 0 Å². The zero-order chi connectivity index (χ0) is 20.7. The topological polar surface area (TPSA) is 58.4 Å². The van der Waals surface area contributed by atoms with E-state index < -0.39 is 21.9 Å². The number of aromatic nitrogens is 2. The lowest BCUT2D eigenvalue weighted by molar-refractivity contribution is -0.141. The van der Waals surface area contributed by atoms with Gasteiger partial charge in [0, 0.05) is 26.2 Å². The third-order valence-electron chi connectivity index (χ3n) is 4.94. The number of sulfonamides is 1. The van der Waals surface area contributed by atoms with E-state index in [0.717, 1.165) is 41.3 Å². The van der Waals surface area contributed by atoms with E-state index in [9.17, 15) is 21.6 Å². The third kappa shape index (κ3) is 4.27. The van der Waals surface area contributed by atoms with E-state index in [4.69, 9.17) is 0 Å². The zero-order valence-corrected chi connectivity index (χ0v) is 17.5. The van der Waals surface area contributed by atoms with E-state index in [2.05, 4.69) is 5.10 Å². The van der Waals surface area contributed by atoms with Gasteiger partial charge in [-0.15, -0.1) is 11.3 Å². The molecule has 0 N–H and O–H groups in total. The number of hydrogen-bond acceptors (Lipinski definition) is 5. The van der Waals surface area contributed by atoms with Crippen LogP contribution in [0.15, 0.2) is 22.4 Å². The second kappa shape index (κ2) is 7.77. The van der Waals surface area contributed by atoms with Crippen molar-refractivity contribution in [2.45, 2.75) is 35.7 Å². The molecule has 2 aromatic rings. The van der Waals surface area contributed by atoms with Crippen LogP contribution in [0.1, 0.15) is 25.0 Å². The molecule has 6 nitrogen and oxygen atoms in total. The van der Waals surface area contributed by atoms with E-state index in [1.54, 1.807) is 0 Å². The molecule has 0 aliphatic carbocycles. The summed E-state index contributed by atoms with van der Waals surface area (Å²) >= 11 is 0.970. The fourth-order valence-electron chi connectivity index (χ4n) is 3.29. The van der Waals surface area contributed by atoms with Crippen LogP contribution in [-0.4, -0.2) is 60.6 Å². The van der Waals surface area contributed by atoms with Crippen LogP contribution in [0.4, 0.5) is 13.2 Å². The number of likely N-dealkylation sites (N-methyl/N-ethyl adjacent to an activating group) is 1. The molecule has 1 fully saturated rings. The molecule has 156 valence electrons. The first-order valence-electron chi connectivity index (χ1n) is 8.88. The van der Waals surface area contributed by atoms with Crippen molar-refractivity contribution in [2.75, 3.05) is 27.2 Å². The number of aryl methyl sites for hydroxylation is 1. The van der Waals surface area contributed by atoms with Crippen LogP contribution in [0.2, 0.25) is 0 Å². The monoisotopic (exact) mass is 436 g/mol. The first-order valence-corrected chi connectivity index (χ1v) is 11.1. The lowest BCUT2D eigenvalue weighted by Crippen LogP contribution is -2.41. The van der Waals surface area contributed by atoms with Gasteiger partial charge in [-0.2, -0.15) is 22.6 Å². The van der Waals surface area contributed by atoms with Crippen LogP contribution >= 0.6 is 11.3 Å². The number of nitrogens with zero attached hydrogens (tertiary/aromatic N) is 4. The molecular formula is C17H23F3N4O2S2. The molecule has 1 saturated heterocycles. The fourth-order valence-corrected chi connectivity index (χ4v) is 6.31. The van der Waals surface area contributed by atoms with Gasteiger partial charge in [-0.1, -0.05) is 6.42 Å². The quantitative estimate of drug-likeness (QED) is 0.738. The molecule has 0 bridgehead atoms. The Kier molecular flexibility index (Phi) is 5.91. The SMILES string of the molecule is CN(C)[C@H]1CCCCN(S(=O)(=O)c2ccc(-c3cc(C(F)(F)F)nn3C)s2)C1. The molecule has 1 atom stereocenters. The molecule has 11 heteroatoms. The number of thiophene rings is 1. The second-order valence-corrected chi connectivity index (χ2v) is 10.4. The largest absolute Gasteiger partial charge is 0.435 e. The molecule has 1 aliphatic rings. The molecule has 28 heavy (non-hydrogen) atoms. The van der Waals surface area contributed by atoms with Gasteiger partial charge in [-0.05, 0) is 45.1 Å². The Morgan fingerprint density at radius 2 is 1.96 bits per heavy atom. The molecule has 3 heterocycles. The van der Waals surface area contributed by atoms with E-state index >= 15 is 0 Å². The maximum atomic E-state index is 13.1. The van der Waals surface area contributed by atoms with Gasteiger partial charge in [0.1, 0.15) is 4.21 Å². The van der Waals surface area contributed by atoms with E-state index in [1.165, 1.54) is 23.5 Å². The summed E-state index contributed by atoms with van der Waals surface area (Å²) in [6.45, 7) is 0.857. The van der Waals surface area contributed by atoms with Crippen LogP contribution < -0.4 is 0 Å². The van der Waals surface area contributed by atoms with Gasteiger partial charge in [0.2, 0.25) is 0 Å². The molecule has 3 rings (SSSR count). The van der Waals surface area contributed by atoms with Gasteiger partial charge in [0.25, 0.3) is 10.0 Å². The van der Waals surface area contributed by atoms with Crippen LogP contribution in [0.25, 0.3) is 10.6 Å². The minimum atomic E-state index is -4.55. The Morgan fingerprint density at radius 1 is 1.25 bits per heavy atom. The molecular weight excluding hydrogens is 413 g/mol. The normalized spacial score (nSPS) is 19.9. The summed E-state index contributed by atoms with van der Waals surface area (Å²) in [7, 11) is 1.58. The summed E-state index contributed by atoms with van der Waals surface area (Å²) in [5.74, 6) is 0. The average molecular weight is 437 g/mol. The summed E-state index contributed by atoms with van der Waals surface area (Å²) < 4.78 is 67.7. The van der Waals surface area contributed by atoms with Crippen molar-refractivity contribution in [2.24, 2.45) is 7.05 Å². The van der Waals surface area contributed by atoms with Crippen LogP contribution in [0.5, 0.6) is 0 Å². The Balaban J connectivity index is 1.89. The summed E-state index contributed by atoms with van der Waals surface area (Å²) in [6, 6.07) is 4.08. The van der Waals surface area contributed by atoms with Crippen molar-refractivity contribution in [3.05, 3.63) is 23.9 Å². The van der Waals surface area contributed by atoms with Crippen molar-refractivity contribution >= 4 is 21.4 Å². The van der Waals surface area contributed by atoms with Crippen LogP contribution in [0, 0.1) is 0 Å². The number of hydrogen-bond donors (Lipinski definition) is 0. The van der Waals surface area contributed by atoms with Crippen molar-refractivity contribution in [3.8, 4) is 10.6 Å². The lowest BCUT2D eigenvalue weighted by Gasteiger charge is -2.27. The van der Waals surface area contributed by atoms with E-state index in [0.29, 0.717) is 18.0 Å². The van der Waals surface area contributed by atoms with Crippen molar-refractivity contribution < 1.29 is 21.6 Å². The summed E-state index contributed by atoms with van der Waals surface area (Å²) in [4.78, 5) is 2.46. The van der Waals surface area contributed by atoms with Gasteiger partial charge in [0.05, 0.1) is 10.6 Å². The molecule has 0 radical (unpaired) electrons. The lowest BCUT2D eigenvalue weighted by atomic mass is 10.1. The number of alkyl halides is 3. The molecule has 0 saturated carbocycles. The summed E-state index contributed by atoms with van der Waals surface area (Å²) in [5.41, 5.74) is -0.759. The Morgan fingerprint density at radius 3 is 2.57 bits per heavy atom. The maximum Gasteiger partial charge on any atom is 0.435 e. The van der Waals surface area contributed by atoms with Gasteiger partial charge in [-0.3, -0.25) is 4.68 Å². The van der Waals surface area contributed by atoms with Gasteiger partial charge in [-0.25, -0.2) is 8.42 Å².